The Labute approximate surface area is 122 Å². The second-order valence-electron chi connectivity index (χ2n) is 6.41. The van der Waals surface area contributed by atoms with E-state index in [9.17, 15) is 0 Å². The van der Waals surface area contributed by atoms with E-state index in [2.05, 4.69) is 28.9 Å². The van der Waals surface area contributed by atoms with Crippen molar-refractivity contribution in [3.63, 3.8) is 0 Å². The summed E-state index contributed by atoms with van der Waals surface area (Å²) in [5.41, 5.74) is 7.63. The monoisotopic (exact) mass is 273 g/mol. The molecule has 0 spiro atoms. The van der Waals surface area contributed by atoms with Gasteiger partial charge in [0.05, 0.1) is 11.7 Å². The van der Waals surface area contributed by atoms with Crippen LogP contribution in [0.25, 0.3) is 0 Å². The number of pyridine rings is 1. The van der Waals surface area contributed by atoms with Gasteiger partial charge in [-0.25, -0.2) is 0 Å². The summed E-state index contributed by atoms with van der Waals surface area (Å²) in [5.74, 6) is 0.902. The van der Waals surface area contributed by atoms with E-state index < -0.39 is 0 Å². The maximum Gasteiger partial charge on any atom is 0.0676 e. The molecule has 1 aliphatic carbocycles. The highest BCUT2D eigenvalue weighted by atomic mass is 15.2. The maximum absolute atomic E-state index is 6.47. The van der Waals surface area contributed by atoms with Crippen LogP contribution in [0.3, 0.4) is 0 Å². The van der Waals surface area contributed by atoms with Gasteiger partial charge >= 0.3 is 0 Å². The Hall–Kier alpha value is -0.930. The molecule has 20 heavy (non-hydrogen) atoms. The lowest BCUT2D eigenvalue weighted by atomic mass is 9.84. The van der Waals surface area contributed by atoms with Crippen molar-refractivity contribution in [1.29, 1.82) is 0 Å². The lowest BCUT2D eigenvalue weighted by Crippen LogP contribution is -2.45. The van der Waals surface area contributed by atoms with Crippen LogP contribution < -0.4 is 5.73 Å². The Bertz CT molecular complexity index is 420. The molecular weight excluding hydrogens is 246 g/mol. The maximum atomic E-state index is 6.47. The molecule has 2 fully saturated rings. The molecule has 4 atom stereocenters. The van der Waals surface area contributed by atoms with Crippen LogP contribution >= 0.6 is 0 Å². The first-order valence-corrected chi connectivity index (χ1v) is 8.23. The van der Waals surface area contributed by atoms with Crippen molar-refractivity contribution in [2.75, 3.05) is 6.54 Å². The van der Waals surface area contributed by atoms with E-state index in [1.807, 2.05) is 12.3 Å². The van der Waals surface area contributed by atoms with Crippen molar-refractivity contribution in [3.8, 4) is 0 Å². The van der Waals surface area contributed by atoms with E-state index in [0.29, 0.717) is 6.04 Å². The van der Waals surface area contributed by atoms with Gasteiger partial charge in [0.15, 0.2) is 0 Å². The second-order valence-corrected chi connectivity index (χ2v) is 6.41. The van der Waals surface area contributed by atoms with E-state index in [1.165, 1.54) is 38.6 Å². The van der Waals surface area contributed by atoms with Gasteiger partial charge in [0.1, 0.15) is 0 Å². The van der Waals surface area contributed by atoms with E-state index in [0.717, 1.165) is 24.1 Å². The SMILES string of the molecule is CCC(N)C(c1ccccn1)N1CCC2CCCCC21. The fourth-order valence-electron chi connectivity index (χ4n) is 4.20. The average Bonchev–Trinajstić information content (AvgIpc) is 2.92. The fourth-order valence-corrected chi connectivity index (χ4v) is 4.20. The molecule has 1 aromatic heterocycles. The summed E-state index contributed by atoms with van der Waals surface area (Å²) in [5, 5.41) is 0. The third-order valence-electron chi connectivity index (χ3n) is 5.28. The molecule has 2 heterocycles. The molecule has 1 aromatic rings. The van der Waals surface area contributed by atoms with Gasteiger partial charge < -0.3 is 5.73 Å². The van der Waals surface area contributed by atoms with Gasteiger partial charge in [0.2, 0.25) is 0 Å². The molecule has 3 nitrogen and oxygen atoms in total. The first-order valence-electron chi connectivity index (χ1n) is 8.23. The van der Waals surface area contributed by atoms with Gasteiger partial charge in [0.25, 0.3) is 0 Å². The smallest absolute Gasteiger partial charge is 0.0676 e. The number of hydrogen-bond donors (Lipinski definition) is 1. The lowest BCUT2D eigenvalue weighted by Gasteiger charge is -2.39. The molecular formula is C17H27N3. The minimum absolute atomic E-state index is 0.186. The van der Waals surface area contributed by atoms with E-state index in [4.69, 9.17) is 5.73 Å². The zero-order chi connectivity index (χ0) is 13.9. The number of fused-ring (bicyclic) bond motifs is 1. The molecule has 110 valence electrons. The molecule has 1 aliphatic heterocycles. The molecule has 2 N–H and O–H groups in total. The number of aromatic nitrogens is 1. The quantitative estimate of drug-likeness (QED) is 0.916. The molecule has 3 rings (SSSR count). The first kappa shape index (κ1) is 14.0. The Morgan fingerprint density at radius 2 is 2.15 bits per heavy atom. The summed E-state index contributed by atoms with van der Waals surface area (Å²) in [7, 11) is 0. The van der Waals surface area contributed by atoms with Crippen LogP contribution in [0, 0.1) is 5.92 Å². The van der Waals surface area contributed by atoms with Gasteiger partial charge in [-0.3, -0.25) is 9.88 Å². The number of nitrogens with zero attached hydrogens (tertiary/aromatic N) is 2. The molecule has 4 unspecified atom stereocenters. The number of likely N-dealkylation sites (tertiary alicyclic amines) is 1. The van der Waals surface area contributed by atoms with Crippen molar-refractivity contribution in [1.82, 2.24) is 9.88 Å². The predicted molar refractivity (Wildman–Crippen MR) is 82.3 cm³/mol. The van der Waals surface area contributed by atoms with Crippen molar-refractivity contribution >= 4 is 0 Å². The molecule has 0 bridgehead atoms. The van der Waals surface area contributed by atoms with Gasteiger partial charge in [-0.15, -0.1) is 0 Å². The average molecular weight is 273 g/mol. The third kappa shape index (κ3) is 2.61. The zero-order valence-corrected chi connectivity index (χ0v) is 12.5. The summed E-state index contributed by atoms with van der Waals surface area (Å²) in [4.78, 5) is 7.29. The molecule has 0 radical (unpaired) electrons. The normalized spacial score (nSPS) is 29.9. The second kappa shape index (κ2) is 6.23. The molecule has 3 heteroatoms. The van der Waals surface area contributed by atoms with E-state index >= 15 is 0 Å². The first-order chi connectivity index (χ1) is 9.81. The van der Waals surface area contributed by atoms with Crippen LogP contribution in [0.4, 0.5) is 0 Å². The molecule has 1 saturated heterocycles. The Morgan fingerprint density at radius 1 is 1.30 bits per heavy atom. The molecule has 2 aliphatic rings. The lowest BCUT2D eigenvalue weighted by molar-refractivity contribution is 0.112. The highest BCUT2D eigenvalue weighted by Crippen LogP contribution is 2.41. The van der Waals surface area contributed by atoms with Gasteiger partial charge in [-0.05, 0) is 50.3 Å². The minimum atomic E-state index is 0.186. The summed E-state index contributed by atoms with van der Waals surface area (Å²) in [6.45, 7) is 3.39. The summed E-state index contributed by atoms with van der Waals surface area (Å²) < 4.78 is 0. The van der Waals surface area contributed by atoms with Crippen LogP contribution in [0.15, 0.2) is 24.4 Å². The predicted octanol–water partition coefficient (Wildman–Crippen LogP) is 3.12. The highest BCUT2D eigenvalue weighted by Gasteiger charge is 2.41. The molecule has 0 aromatic carbocycles. The van der Waals surface area contributed by atoms with Crippen LogP contribution in [0.2, 0.25) is 0 Å². The summed E-state index contributed by atoms with van der Waals surface area (Å²) in [6, 6.07) is 7.46. The number of hydrogen-bond acceptors (Lipinski definition) is 3. The third-order valence-corrected chi connectivity index (χ3v) is 5.28. The molecule has 0 amide bonds. The summed E-state index contributed by atoms with van der Waals surface area (Å²) in [6.07, 6.45) is 9.83. The van der Waals surface area contributed by atoms with Gasteiger partial charge in [-0.1, -0.05) is 25.8 Å². The van der Waals surface area contributed by atoms with E-state index in [-0.39, 0.29) is 6.04 Å². The summed E-state index contributed by atoms with van der Waals surface area (Å²) >= 11 is 0. The van der Waals surface area contributed by atoms with Crippen LogP contribution in [-0.2, 0) is 0 Å². The highest BCUT2D eigenvalue weighted by molar-refractivity contribution is 5.13. The topological polar surface area (TPSA) is 42.1 Å². The van der Waals surface area contributed by atoms with Gasteiger partial charge in [-0.2, -0.15) is 0 Å². The Morgan fingerprint density at radius 3 is 2.90 bits per heavy atom. The zero-order valence-electron chi connectivity index (χ0n) is 12.5. The van der Waals surface area contributed by atoms with Crippen LogP contribution in [0.5, 0.6) is 0 Å². The largest absolute Gasteiger partial charge is 0.326 e. The minimum Gasteiger partial charge on any atom is -0.326 e. The molecule has 1 saturated carbocycles. The Kier molecular flexibility index (Phi) is 4.37. The van der Waals surface area contributed by atoms with Crippen LogP contribution in [-0.4, -0.2) is 28.5 Å². The number of rotatable bonds is 4. The van der Waals surface area contributed by atoms with Crippen molar-refractivity contribution in [3.05, 3.63) is 30.1 Å². The van der Waals surface area contributed by atoms with Gasteiger partial charge in [0, 0.05) is 18.3 Å². The number of nitrogens with two attached hydrogens (primary N) is 1. The van der Waals surface area contributed by atoms with Crippen molar-refractivity contribution < 1.29 is 0 Å². The van der Waals surface area contributed by atoms with Crippen LogP contribution in [0.1, 0.15) is 57.2 Å². The van der Waals surface area contributed by atoms with E-state index in [1.54, 1.807) is 0 Å². The Balaban J connectivity index is 1.86. The fraction of sp³-hybridized carbons (Fsp3) is 0.706. The van der Waals surface area contributed by atoms with Crippen molar-refractivity contribution in [2.24, 2.45) is 11.7 Å². The van der Waals surface area contributed by atoms with Crippen molar-refractivity contribution in [2.45, 2.75) is 63.6 Å². The standard InChI is InChI=1S/C17H27N3/c1-2-14(18)17(15-8-5-6-11-19-15)20-12-10-13-7-3-4-9-16(13)20/h5-6,8,11,13-14,16-17H,2-4,7,9-10,12,18H2,1H3.